The second-order valence-corrected chi connectivity index (χ2v) is 20.4. The van der Waals surface area contributed by atoms with Crippen molar-refractivity contribution in [2.45, 2.75) is 62.1 Å². The van der Waals surface area contributed by atoms with Gasteiger partial charge < -0.3 is 26.2 Å². The van der Waals surface area contributed by atoms with Gasteiger partial charge in [0.15, 0.2) is 5.78 Å². The van der Waals surface area contributed by atoms with Crippen molar-refractivity contribution in [2.24, 2.45) is 17.8 Å². The second kappa shape index (κ2) is 19.5. The Bertz CT molecular complexity index is 3050. The molecule has 3 heterocycles. The fourth-order valence-electron chi connectivity index (χ4n) is 11.5. The fraction of sp³-hybridized carbons (Fsp3) is 0.224. The number of carboxylic acid groups (broad SMARTS) is 2. The van der Waals surface area contributed by atoms with Gasteiger partial charge in [0.2, 0.25) is 0 Å². The number of para-hydroxylation sites is 2. The summed E-state index contributed by atoms with van der Waals surface area (Å²) in [6, 6.07) is 41.8. The molecule has 0 spiro atoms. The van der Waals surface area contributed by atoms with Gasteiger partial charge in [-0.3, -0.25) is 4.79 Å². The van der Waals surface area contributed by atoms with E-state index in [-0.39, 0.29) is 29.8 Å². The summed E-state index contributed by atoms with van der Waals surface area (Å²) in [5.74, 6) is 0.473. The van der Waals surface area contributed by atoms with Crippen LogP contribution in [-0.2, 0) is 0 Å². The highest BCUT2D eigenvalue weighted by Crippen LogP contribution is 2.54. The molecule has 5 N–H and O–H groups in total. The van der Waals surface area contributed by atoms with Gasteiger partial charge in [0, 0.05) is 43.5 Å². The monoisotopic (exact) mass is 1020 g/mol. The van der Waals surface area contributed by atoms with Crippen LogP contribution in [0.4, 0.5) is 17.1 Å². The summed E-state index contributed by atoms with van der Waals surface area (Å²) in [5, 5.41) is 31.2. The largest absolute Gasteiger partial charge is 0.478 e. The van der Waals surface area contributed by atoms with Crippen LogP contribution in [0.25, 0.3) is 0 Å². The Balaban J connectivity index is 0.000000120. The molecule has 69 heavy (non-hydrogen) atoms. The first kappa shape index (κ1) is 46.3. The number of halogens is 3. The number of carboxylic acids is 2. The molecule has 8 nitrogen and oxygen atoms in total. The number of rotatable bonds is 6. The van der Waals surface area contributed by atoms with Crippen LogP contribution in [0.2, 0.25) is 10.0 Å². The molecular formula is C58H50BrCl2N3O5. The molecule has 11 heteroatoms. The van der Waals surface area contributed by atoms with Crippen molar-refractivity contribution in [3.8, 4) is 0 Å². The molecule has 9 unspecified atom stereocenters. The first-order chi connectivity index (χ1) is 33.4. The summed E-state index contributed by atoms with van der Waals surface area (Å²) in [6.07, 6.45) is 16.4. The molecule has 9 atom stereocenters. The minimum atomic E-state index is -0.921. The number of carbonyl (C=O) groups is 3. The number of ketones is 1. The highest BCUT2D eigenvalue weighted by atomic mass is 79.9. The summed E-state index contributed by atoms with van der Waals surface area (Å²) in [7, 11) is 0. The lowest BCUT2D eigenvalue weighted by Gasteiger charge is -2.38. The first-order valence-electron chi connectivity index (χ1n) is 23.4. The lowest BCUT2D eigenvalue weighted by molar-refractivity contribution is 0.0686. The summed E-state index contributed by atoms with van der Waals surface area (Å²) in [5.41, 5.74) is 10.9. The smallest absolute Gasteiger partial charge is 0.337 e. The van der Waals surface area contributed by atoms with Gasteiger partial charge in [-0.2, -0.15) is 0 Å². The molecule has 12 rings (SSSR count). The quantitative estimate of drug-likeness (QED) is 0.0825. The predicted octanol–water partition coefficient (Wildman–Crippen LogP) is 15.2. The van der Waals surface area contributed by atoms with E-state index in [0.717, 1.165) is 68.1 Å². The maximum absolute atomic E-state index is 12.0. The van der Waals surface area contributed by atoms with E-state index >= 15 is 0 Å². The maximum Gasteiger partial charge on any atom is 0.337 e. The number of anilines is 3. The third-order valence-corrected chi connectivity index (χ3v) is 15.6. The van der Waals surface area contributed by atoms with Gasteiger partial charge in [-0.05, 0) is 126 Å². The minimum absolute atomic E-state index is 0.0639. The number of allylic oxidation sites excluding steroid dienone is 6. The average Bonchev–Trinajstić information content (AvgIpc) is 4.17. The van der Waals surface area contributed by atoms with Crippen molar-refractivity contribution in [1.29, 1.82) is 0 Å². The summed E-state index contributed by atoms with van der Waals surface area (Å²) < 4.78 is 0.796. The van der Waals surface area contributed by atoms with Gasteiger partial charge >= 0.3 is 11.9 Å². The third-order valence-electron chi connectivity index (χ3n) is 14.7. The lowest BCUT2D eigenvalue weighted by Crippen LogP contribution is -2.30. The molecule has 0 saturated carbocycles. The van der Waals surface area contributed by atoms with E-state index in [1.54, 1.807) is 19.1 Å². The van der Waals surface area contributed by atoms with E-state index in [1.165, 1.54) is 16.7 Å². The van der Waals surface area contributed by atoms with Crippen LogP contribution in [0.1, 0.15) is 127 Å². The van der Waals surface area contributed by atoms with E-state index < -0.39 is 11.9 Å². The maximum atomic E-state index is 12.0. The molecule has 3 aliphatic heterocycles. The van der Waals surface area contributed by atoms with Gasteiger partial charge in [-0.15, -0.1) is 0 Å². The zero-order valence-corrected chi connectivity index (χ0v) is 40.8. The molecule has 0 saturated heterocycles. The van der Waals surface area contributed by atoms with Gasteiger partial charge in [-0.1, -0.05) is 154 Å². The Morgan fingerprint density at radius 3 is 1.35 bits per heavy atom. The molecule has 6 aromatic rings. The average molecular weight is 1020 g/mol. The number of aromatic carboxylic acids is 2. The van der Waals surface area contributed by atoms with Crippen molar-refractivity contribution in [3.05, 3.63) is 228 Å². The van der Waals surface area contributed by atoms with Crippen LogP contribution in [-0.4, -0.2) is 27.9 Å². The molecule has 0 amide bonds. The van der Waals surface area contributed by atoms with Gasteiger partial charge in [0.1, 0.15) is 0 Å². The summed E-state index contributed by atoms with van der Waals surface area (Å²) in [6.45, 7) is 1.63. The number of carbonyl (C=O) groups excluding carboxylic acids is 1. The Kier molecular flexibility index (Phi) is 13.1. The van der Waals surface area contributed by atoms with Crippen molar-refractivity contribution in [3.63, 3.8) is 0 Å². The topological polar surface area (TPSA) is 128 Å². The minimum Gasteiger partial charge on any atom is -0.478 e. The molecule has 348 valence electrons. The van der Waals surface area contributed by atoms with Crippen LogP contribution in [0, 0.1) is 17.8 Å². The van der Waals surface area contributed by atoms with Gasteiger partial charge in [0.05, 0.1) is 40.6 Å². The van der Waals surface area contributed by atoms with Crippen LogP contribution >= 0.6 is 39.1 Å². The molecule has 0 bridgehead atoms. The molecule has 0 fully saturated rings. The van der Waals surface area contributed by atoms with Crippen molar-refractivity contribution in [2.75, 3.05) is 16.0 Å². The van der Waals surface area contributed by atoms with Gasteiger partial charge in [0.25, 0.3) is 0 Å². The standard InChI is InChI=1S/C20H18ClNO.C19H15BrClNO2.C19H17NO2/c1-12(23)15-4-2-7-18-16-5-3-6-17(16)19(22-20(15)18)13-8-10-14(21)11-9-13;20-11-8-15-13-2-1-3-14(13)17(10-4-6-12(21)7-5-10)22-18(15)16(9-11)19(23)24;21-19(22)16-11-5-10-15-13-8-4-9-14(13)17(20-18(15)16)12-6-2-1-3-7-12/h2-5,7-11,16-17,19,22H,6H2,1H3;1-2,4-9,13-14,17,22H,3H2,(H,23,24);1-8,10-11,13-14,17,20H,9H2,(H,21,22). The van der Waals surface area contributed by atoms with Crippen molar-refractivity contribution >= 4 is 73.9 Å². The molecule has 6 aromatic carbocycles. The van der Waals surface area contributed by atoms with Crippen LogP contribution in [0.15, 0.2) is 168 Å². The first-order valence-corrected chi connectivity index (χ1v) is 24.9. The highest BCUT2D eigenvalue weighted by molar-refractivity contribution is 9.10. The van der Waals surface area contributed by atoms with E-state index in [4.69, 9.17) is 23.2 Å². The summed E-state index contributed by atoms with van der Waals surface area (Å²) in [4.78, 5) is 35.3. The molecule has 6 aliphatic rings. The number of hydrogen-bond acceptors (Lipinski definition) is 6. The normalized spacial score (nSPS) is 24.7. The van der Waals surface area contributed by atoms with Crippen LogP contribution in [0.5, 0.6) is 0 Å². The lowest BCUT2D eigenvalue weighted by atomic mass is 9.76. The fourth-order valence-corrected chi connectivity index (χ4v) is 12.3. The number of hydrogen-bond donors (Lipinski definition) is 5. The second-order valence-electron chi connectivity index (χ2n) is 18.6. The zero-order chi connectivity index (χ0) is 47.9. The highest BCUT2D eigenvalue weighted by Gasteiger charge is 2.42. The van der Waals surface area contributed by atoms with Gasteiger partial charge in [-0.25, -0.2) is 9.59 Å². The number of Topliss-reactive ketones (excluding diaryl/α,β-unsaturated/α-hetero) is 1. The molecule has 0 radical (unpaired) electrons. The Labute approximate surface area is 420 Å². The van der Waals surface area contributed by atoms with Crippen molar-refractivity contribution in [1.82, 2.24) is 0 Å². The Hall–Kier alpha value is -6.39. The Morgan fingerprint density at radius 2 is 0.899 bits per heavy atom. The molecule has 3 aliphatic carbocycles. The van der Waals surface area contributed by atoms with E-state index in [0.29, 0.717) is 45.7 Å². The zero-order valence-electron chi connectivity index (χ0n) is 37.7. The third kappa shape index (κ3) is 9.04. The number of nitrogens with one attached hydrogen (secondary N) is 3. The van der Waals surface area contributed by atoms with Crippen LogP contribution < -0.4 is 16.0 Å². The SMILES string of the molecule is CC(=O)c1cccc2c1NC(c1ccc(Cl)cc1)C1CC=CC21.O=C(O)c1cc(Br)cc2c1NC(c1ccc(Cl)cc1)C1CC=CC21.O=C(O)c1cccc2c1NC(c1ccccc1)C1CC=CC21. The Morgan fingerprint density at radius 1 is 0.493 bits per heavy atom. The molecule has 0 aromatic heterocycles. The van der Waals surface area contributed by atoms with E-state index in [9.17, 15) is 24.6 Å². The van der Waals surface area contributed by atoms with E-state index in [1.807, 2.05) is 84.9 Å². The predicted molar refractivity (Wildman–Crippen MR) is 279 cm³/mol. The molecular weight excluding hydrogens is 969 g/mol. The number of benzene rings is 6. The van der Waals surface area contributed by atoms with Crippen LogP contribution in [0.3, 0.4) is 0 Å². The summed E-state index contributed by atoms with van der Waals surface area (Å²) >= 11 is 15.5. The van der Waals surface area contributed by atoms with E-state index in [2.05, 4.69) is 98.7 Å². The number of fused-ring (bicyclic) bond motifs is 9. The van der Waals surface area contributed by atoms with Crippen molar-refractivity contribution < 1.29 is 24.6 Å².